The number of halogens is 1. The zero-order chi connectivity index (χ0) is 17.6. The van der Waals surface area contributed by atoms with Gasteiger partial charge in [0.1, 0.15) is 5.82 Å². The molecule has 0 unspecified atom stereocenters. The zero-order valence-corrected chi connectivity index (χ0v) is 13.5. The first kappa shape index (κ1) is 15.8. The molecule has 1 saturated carbocycles. The topological polar surface area (TPSA) is 86.3 Å². The van der Waals surface area contributed by atoms with Gasteiger partial charge in [-0.05, 0) is 48.9 Å². The average molecular weight is 343 g/mol. The predicted molar refractivity (Wildman–Crippen MR) is 87.2 cm³/mol. The Balaban J connectivity index is 1.59. The molecule has 1 aromatic carbocycles. The fourth-order valence-electron chi connectivity index (χ4n) is 3.71. The van der Waals surface area contributed by atoms with Crippen molar-refractivity contribution in [2.75, 3.05) is 13.1 Å². The van der Waals surface area contributed by atoms with E-state index in [0.29, 0.717) is 29.3 Å². The van der Waals surface area contributed by atoms with Crippen LogP contribution in [0.25, 0.3) is 11.3 Å². The van der Waals surface area contributed by atoms with E-state index in [0.717, 1.165) is 12.8 Å². The molecule has 25 heavy (non-hydrogen) atoms. The SMILES string of the molecule is O=C(O)[C@H]1CN(C(=O)c2cn[nH]c2-c2ccc(F)cc2)C[C@@H]1C1CC1. The highest BCUT2D eigenvalue weighted by molar-refractivity contribution is 6.00. The maximum atomic E-state index is 13.1. The molecule has 1 aliphatic heterocycles. The number of carbonyl (C=O) groups is 2. The van der Waals surface area contributed by atoms with Gasteiger partial charge < -0.3 is 10.0 Å². The van der Waals surface area contributed by atoms with Gasteiger partial charge in [0.15, 0.2) is 0 Å². The highest BCUT2D eigenvalue weighted by Crippen LogP contribution is 2.44. The summed E-state index contributed by atoms with van der Waals surface area (Å²) in [4.78, 5) is 26.1. The molecule has 7 heteroatoms. The number of carbonyl (C=O) groups excluding carboxylic acids is 1. The van der Waals surface area contributed by atoms with Crippen molar-refractivity contribution in [2.45, 2.75) is 12.8 Å². The predicted octanol–water partition coefficient (Wildman–Crippen LogP) is 2.40. The van der Waals surface area contributed by atoms with E-state index < -0.39 is 11.9 Å². The smallest absolute Gasteiger partial charge is 0.308 e. The summed E-state index contributed by atoms with van der Waals surface area (Å²) in [5.41, 5.74) is 1.56. The number of likely N-dealkylation sites (tertiary alicyclic amines) is 1. The number of hydrogen-bond donors (Lipinski definition) is 2. The van der Waals surface area contributed by atoms with Crippen molar-refractivity contribution in [3.63, 3.8) is 0 Å². The standard InChI is InChI=1S/C18H18FN3O3/c19-12-5-3-11(4-6-12)16-13(7-20-21-16)17(23)22-8-14(10-1-2-10)15(9-22)18(24)25/h3-7,10,14-15H,1-2,8-9H2,(H,20,21)(H,24,25)/t14-,15+/m1/s1. The van der Waals surface area contributed by atoms with Crippen LogP contribution in [0.4, 0.5) is 4.39 Å². The number of hydrogen-bond acceptors (Lipinski definition) is 3. The molecular formula is C18H18FN3O3. The first-order valence-corrected chi connectivity index (χ1v) is 8.36. The summed E-state index contributed by atoms with van der Waals surface area (Å²) in [7, 11) is 0. The molecule has 2 fully saturated rings. The first-order valence-electron chi connectivity index (χ1n) is 8.36. The van der Waals surface area contributed by atoms with Gasteiger partial charge in [-0.1, -0.05) is 0 Å². The van der Waals surface area contributed by atoms with Gasteiger partial charge in [0.05, 0.1) is 23.4 Å². The van der Waals surface area contributed by atoms with Gasteiger partial charge in [-0.25, -0.2) is 4.39 Å². The lowest BCUT2D eigenvalue weighted by Gasteiger charge is -2.16. The molecule has 2 aromatic rings. The molecule has 2 aliphatic rings. The number of benzene rings is 1. The fraction of sp³-hybridized carbons (Fsp3) is 0.389. The Morgan fingerprint density at radius 1 is 1.20 bits per heavy atom. The van der Waals surface area contributed by atoms with Gasteiger partial charge in [0, 0.05) is 18.7 Å². The molecule has 0 spiro atoms. The van der Waals surface area contributed by atoms with E-state index in [4.69, 9.17) is 0 Å². The lowest BCUT2D eigenvalue weighted by Crippen LogP contribution is -2.30. The number of carboxylic acids is 1. The quantitative estimate of drug-likeness (QED) is 0.892. The minimum Gasteiger partial charge on any atom is -0.481 e. The second-order valence-corrected chi connectivity index (χ2v) is 6.82. The maximum absolute atomic E-state index is 13.1. The summed E-state index contributed by atoms with van der Waals surface area (Å²) < 4.78 is 13.1. The molecule has 0 bridgehead atoms. The van der Waals surface area contributed by atoms with Crippen molar-refractivity contribution in [3.05, 3.63) is 41.8 Å². The van der Waals surface area contributed by atoms with Crippen LogP contribution < -0.4 is 0 Å². The molecule has 130 valence electrons. The van der Waals surface area contributed by atoms with E-state index in [1.165, 1.54) is 18.3 Å². The third-order valence-corrected chi connectivity index (χ3v) is 5.20. The molecule has 1 aromatic heterocycles. The van der Waals surface area contributed by atoms with E-state index in [-0.39, 0.29) is 24.2 Å². The Morgan fingerprint density at radius 2 is 1.92 bits per heavy atom. The molecule has 2 heterocycles. The van der Waals surface area contributed by atoms with Gasteiger partial charge >= 0.3 is 5.97 Å². The van der Waals surface area contributed by atoms with Gasteiger partial charge in [-0.3, -0.25) is 14.7 Å². The number of carboxylic acid groups (broad SMARTS) is 1. The van der Waals surface area contributed by atoms with Gasteiger partial charge in [-0.15, -0.1) is 0 Å². The minimum absolute atomic E-state index is 0.0302. The molecule has 1 amide bonds. The largest absolute Gasteiger partial charge is 0.481 e. The molecular weight excluding hydrogens is 325 g/mol. The van der Waals surface area contributed by atoms with Crippen molar-refractivity contribution in [2.24, 2.45) is 17.8 Å². The number of aromatic nitrogens is 2. The van der Waals surface area contributed by atoms with Crippen LogP contribution in [-0.2, 0) is 4.79 Å². The highest BCUT2D eigenvalue weighted by Gasteiger charge is 2.47. The highest BCUT2D eigenvalue weighted by atomic mass is 19.1. The number of H-pyrrole nitrogens is 1. The number of amides is 1. The van der Waals surface area contributed by atoms with Crippen LogP contribution in [0.2, 0.25) is 0 Å². The van der Waals surface area contributed by atoms with Crippen molar-refractivity contribution < 1.29 is 19.1 Å². The third kappa shape index (κ3) is 2.90. The van der Waals surface area contributed by atoms with Crippen LogP contribution in [0.1, 0.15) is 23.2 Å². The van der Waals surface area contributed by atoms with Crippen LogP contribution in [0.15, 0.2) is 30.5 Å². The van der Waals surface area contributed by atoms with Gasteiger partial charge in [-0.2, -0.15) is 5.10 Å². The van der Waals surface area contributed by atoms with E-state index in [1.54, 1.807) is 17.0 Å². The summed E-state index contributed by atoms with van der Waals surface area (Å²) in [5, 5.41) is 16.2. The van der Waals surface area contributed by atoms with Gasteiger partial charge in [0.25, 0.3) is 5.91 Å². The van der Waals surface area contributed by atoms with Crippen molar-refractivity contribution in [3.8, 4) is 11.3 Å². The summed E-state index contributed by atoms with van der Waals surface area (Å²) in [6, 6.07) is 5.81. The Hall–Kier alpha value is -2.70. The summed E-state index contributed by atoms with van der Waals surface area (Å²) >= 11 is 0. The Labute approximate surface area is 143 Å². The van der Waals surface area contributed by atoms with E-state index in [2.05, 4.69) is 10.2 Å². The number of rotatable bonds is 4. The molecule has 1 saturated heterocycles. The first-order chi connectivity index (χ1) is 12.0. The Morgan fingerprint density at radius 3 is 2.56 bits per heavy atom. The summed E-state index contributed by atoms with van der Waals surface area (Å²) in [5.74, 6) is -1.48. The van der Waals surface area contributed by atoms with Crippen LogP contribution in [0, 0.1) is 23.6 Å². The lowest BCUT2D eigenvalue weighted by molar-refractivity contribution is -0.142. The average Bonchev–Trinajstić information content (AvgIpc) is 3.16. The third-order valence-electron chi connectivity index (χ3n) is 5.20. The maximum Gasteiger partial charge on any atom is 0.308 e. The number of aromatic amines is 1. The van der Waals surface area contributed by atoms with Crippen LogP contribution in [-0.4, -0.2) is 45.2 Å². The molecule has 0 radical (unpaired) electrons. The van der Waals surface area contributed by atoms with Crippen molar-refractivity contribution in [1.29, 1.82) is 0 Å². The number of aliphatic carboxylic acids is 1. The minimum atomic E-state index is -0.835. The Bertz CT molecular complexity index is 813. The normalized spacial score (nSPS) is 23.0. The van der Waals surface area contributed by atoms with E-state index in [1.807, 2.05) is 0 Å². The molecule has 2 N–H and O–H groups in total. The second-order valence-electron chi connectivity index (χ2n) is 6.82. The van der Waals surface area contributed by atoms with Crippen molar-refractivity contribution in [1.82, 2.24) is 15.1 Å². The summed E-state index contributed by atoms with van der Waals surface area (Å²) in [6.45, 7) is 0.692. The monoisotopic (exact) mass is 343 g/mol. The molecule has 1 aliphatic carbocycles. The van der Waals surface area contributed by atoms with Crippen molar-refractivity contribution >= 4 is 11.9 Å². The van der Waals surface area contributed by atoms with E-state index in [9.17, 15) is 19.1 Å². The second kappa shape index (κ2) is 5.98. The summed E-state index contributed by atoms with van der Waals surface area (Å²) in [6.07, 6.45) is 3.54. The molecule has 4 rings (SSSR count). The van der Waals surface area contributed by atoms with Gasteiger partial charge in [0.2, 0.25) is 0 Å². The Kier molecular flexibility index (Phi) is 3.78. The van der Waals surface area contributed by atoms with Crippen LogP contribution in [0.3, 0.4) is 0 Å². The van der Waals surface area contributed by atoms with Crippen LogP contribution in [0.5, 0.6) is 0 Å². The van der Waals surface area contributed by atoms with E-state index >= 15 is 0 Å². The number of nitrogens with zero attached hydrogens (tertiary/aromatic N) is 2. The fourth-order valence-corrected chi connectivity index (χ4v) is 3.71. The lowest BCUT2D eigenvalue weighted by atomic mass is 9.92. The van der Waals surface area contributed by atoms with Crippen LogP contribution >= 0.6 is 0 Å². The molecule has 6 nitrogen and oxygen atoms in total. The number of nitrogens with one attached hydrogen (secondary N) is 1. The zero-order valence-electron chi connectivity index (χ0n) is 13.5. The molecule has 2 atom stereocenters.